The van der Waals surface area contributed by atoms with Crippen LogP contribution in [0, 0.1) is 46.5 Å². The number of fused-ring (bicyclic) bond motifs is 13. The molecule has 13 aromatic rings. The molecule has 81 heavy (non-hydrogen) atoms. The van der Waals surface area contributed by atoms with Crippen LogP contribution in [0.5, 0.6) is 11.5 Å². The standard InChI is InChI=1S/C72H54N7O.Pt/c1-43-35-47(36-44(2)74-43)53-22-15-23-54(48-37-45(3)75-46(4)38-48)70(53)77-42-76(62-27-12-13-28-63(62)77)50-17-14-18-51(40-50)80-52-29-30-60-66(41-52)78(67-39-49(33-34-73-67)72(5,6)7)64-31-32-65-68(69(60)64)57-21-9-8-19-55(57)58-24-16-25-59-56-20-10-11-26-61(56)79(65)71(58)59;/h8-39,42H,1-7H3;/q-3;. The van der Waals surface area contributed by atoms with E-state index in [4.69, 9.17) is 19.7 Å². The van der Waals surface area contributed by atoms with Crippen LogP contribution >= 0.6 is 0 Å². The van der Waals surface area contributed by atoms with E-state index in [9.17, 15) is 0 Å². The number of nitrogens with zero attached hydrogens (tertiary/aromatic N) is 7. The molecule has 15 rings (SSSR count). The van der Waals surface area contributed by atoms with E-state index in [0.717, 1.165) is 101 Å². The van der Waals surface area contributed by atoms with Gasteiger partial charge >= 0.3 is 0 Å². The number of hydrogen-bond donors (Lipinski definition) is 0. The number of pyridine rings is 3. The number of benzene rings is 8. The van der Waals surface area contributed by atoms with Crippen LogP contribution in [0.25, 0.3) is 99.6 Å². The Labute approximate surface area is 485 Å². The molecule has 8 nitrogen and oxygen atoms in total. The van der Waals surface area contributed by atoms with Gasteiger partial charge in [-0.25, -0.2) is 4.98 Å². The van der Waals surface area contributed by atoms with Crippen molar-refractivity contribution in [1.29, 1.82) is 0 Å². The second-order valence-corrected chi connectivity index (χ2v) is 22.4. The first-order valence-corrected chi connectivity index (χ1v) is 27.3. The van der Waals surface area contributed by atoms with Crippen molar-refractivity contribution >= 4 is 66.4 Å². The van der Waals surface area contributed by atoms with Crippen molar-refractivity contribution in [2.75, 3.05) is 9.80 Å². The maximum atomic E-state index is 6.94. The molecule has 396 valence electrons. The fraction of sp³-hybridized carbons (Fsp3) is 0.111. The van der Waals surface area contributed by atoms with Crippen LogP contribution in [0.4, 0.5) is 22.7 Å². The van der Waals surface area contributed by atoms with Crippen molar-refractivity contribution in [2.45, 2.75) is 53.9 Å². The van der Waals surface area contributed by atoms with Crippen molar-refractivity contribution in [3.05, 3.63) is 241 Å². The van der Waals surface area contributed by atoms with Crippen molar-refractivity contribution in [3.8, 4) is 67.5 Å². The predicted molar refractivity (Wildman–Crippen MR) is 327 cm³/mol. The fourth-order valence-electron chi connectivity index (χ4n) is 12.7. The van der Waals surface area contributed by atoms with Gasteiger partial charge in [0.1, 0.15) is 5.82 Å². The minimum atomic E-state index is -0.107. The van der Waals surface area contributed by atoms with Crippen molar-refractivity contribution in [3.63, 3.8) is 0 Å². The maximum absolute atomic E-state index is 6.94. The van der Waals surface area contributed by atoms with Gasteiger partial charge in [0.05, 0.1) is 16.7 Å². The van der Waals surface area contributed by atoms with Crippen molar-refractivity contribution < 1.29 is 25.8 Å². The van der Waals surface area contributed by atoms with E-state index < -0.39 is 0 Å². The Morgan fingerprint density at radius 2 is 1.09 bits per heavy atom. The van der Waals surface area contributed by atoms with Gasteiger partial charge in [0, 0.05) is 117 Å². The monoisotopic (exact) mass is 1230 g/mol. The van der Waals surface area contributed by atoms with Gasteiger partial charge in [-0.15, -0.1) is 48.1 Å². The van der Waals surface area contributed by atoms with Crippen LogP contribution < -0.4 is 14.5 Å². The zero-order valence-electron chi connectivity index (χ0n) is 45.9. The summed E-state index contributed by atoms with van der Waals surface area (Å²) in [6.45, 7) is 17.2. The summed E-state index contributed by atoms with van der Waals surface area (Å²) in [7, 11) is 0. The number of para-hydroxylation sites is 5. The molecule has 0 atom stereocenters. The molecule has 0 saturated heterocycles. The van der Waals surface area contributed by atoms with Crippen LogP contribution in [0.3, 0.4) is 0 Å². The van der Waals surface area contributed by atoms with E-state index in [0.29, 0.717) is 11.5 Å². The second kappa shape index (κ2) is 19.0. The van der Waals surface area contributed by atoms with E-state index in [-0.39, 0.29) is 26.5 Å². The maximum Gasteiger partial charge on any atom is 0.135 e. The van der Waals surface area contributed by atoms with E-state index in [1.165, 1.54) is 49.6 Å². The topological polar surface area (TPSA) is 64.2 Å². The number of hydrogen-bond acceptors (Lipinski definition) is 6. The number of ether oxygens (including phenoxy) is 1. The predicted octanol–water partition coefficient (Wildman–Crippen LogP) is 18.4. The molecule has 7 heterocycles. The van der Waals surface area contributed by atoms with E-state index in [2.05, 4.69) is 256 Å². The Morgan fingerprint density at radius 3 is 1.81 bits per heavy atom. The molecular weight excluding hydrogens is 1170 g/mol. The molecule has 0 N–H and O–H groups in total. The summed E-state index contributed by atoms with van der Waals surface area (Å²) in [5, 5.41) is 4.65. The smallest absolute Gasteiger partial charge is 0.135 e. The van der Waals surface area contributed by atoms with Crippen molar-refractivity contribution in [1.82, 2.24) is 24.1 Å². The van der Waals surface area contributed by atoms with E-state index in [1.807, 2.05) is 24.4 Å². The van der Waals surface area contributed by atoms with Gasteiger partial charge < -0.3 is 23.7 Å². The molecule has 0 saturated carbocycles. The molecule has 2 aliphatic rings. The largest absolute Gasteiger partial charge is 0.509 e. The van der Waals surface area contributed by atoms with Gasteiger partial charge in [-0.1, -0.05) is 117 Å². The quantitative estimate of drug-likeness (QED) is 0.148. The molecular formula is C72H54N7OPt-3. The summed E-state index contributed by atoms with van der Waals surface area (Å²) < 4.78 is 11.7. The first-order valence-electron chi connectivity index (χ1n) is 27.3. The first-order chi connectivity index (χ1) is 38.9. The normalized spacial score (nSPS) is 12.7. The summed E-state index contributed by atoms with van der Waals surface area (Å²) in [6.07, 6.45) is 1.93. The zero-order chi connectivity index (χ0) is 54.1. The third kappa shape index (κ3) is 8.10. The summed E-state index contributed by atoms with van der Waals surface area (Å²) in [5.41, 5.74) is 23.5. The molecule has 2 aliphatic heterocycles. The average Bonchev–Trinajstić information content (AvgIpc) is 2.55. The molecule has 5 aromatic heterocycles. The Morgan fingerprint density at radius 1 is 0.481 bits per heavy atom. The van der Waals surface area contributed by atoms with Crippen LogP contribution in [0.2, 0.25) is 0 Å². The molecule has 0 bridgehead atoms. The van der Waals surface area contributed by atoms with Crippen LogP contribution in [0.1, 0.15) is 49.1 Å². The van der Waals surface area contributed by atoms with E-state index in [1.54, 1.807) is 0 Å². The minimum absolute atomic E-state index is 0. The van der Waals surface area contributed by atoms with Crippen molar-refractivity contribution in [2.24, 2.45) is 0 Å². The Kier molecular flexibility index (Phi) is 11.8. The number of aryl methyl sites for hydroxylation is 4. The molecule has 0 spiro atoms. The molecule has 0 amide bonds. The third-order valence-electron chi connectivity index (χ3n) is 16.0. The molecule has 8 aromatic carbocycles. The Hall–Kier alpha value is -9.10. The van der Waals surface area contributed by atoms with Gasteiger partial charge in [-0.05, 0) is 133 Å². The van der Waals surface area contributed by atoms with Crippen LogP contribution in [-0.4, -0.2) is 24.1 Å². The SMILES string of the molecule is Cc1cc(-c2cccc(-c3cc(C)nc(C)c3)c2N2[CH-]N(c3[c-]c(Oc4[c-]c5c(cc4)c4c6c(ccc4n5-c4cc(C(C)(C)C)ccn4)-n4c5ccccc5c5cccc(c54)-c4ccccc4-6)ccc3)c3ccccc32)cc(C)n1.[Pt]. The number of aromatic nitrogens is 5. The molecule has 9 heteroatoms. The summed E-state index contributed by atoms with van der Waals surface area (Å²) >= 11 is 0. The van der Waals surface area contributed by atoms with Crippen LogP contribution in [-0.2, 0) is 26.5 Å². The Bertz CT molecular complexity index is 4620. The second-order valence-electron chi connectivity index (χ2n) is 22.4. The summed E-state index contributed by atoms with van der Waals surface area (Å²) in [5.74, 6) is 1.95. The number of anilines is 4. The van der Waals surface area contributed by atoms with E-state index >= 15 is 0 Å². The van der Waals surface area contributed by atoms with Gasteiger partial charge in [0.15, 0.2) is 0 Å². The summed E-state index contributed by atoms with van der Waals surface area (Å²) in [6, 6.07) is 75.0. The van der Waals surface area contributed by atoms with Gasteiger partial charge in [0.2, 0.25) is 0 Å². The average molecular weight is 1230 g/mol. The molecule has 0 unspecified atom stereocenters. The first kappa shape index (κ1) is 50.1. The van der Waals surface area contributed by atoms with Gasteiger partial charge in [-0.3, -0.25) is 9.97 Å². The number of rotatable bonds is 7. The zero-order valence-corrected chi connectivity index (χ0v) is 48.2. The van der Waals surface area contributed by atoms with Crippen LogP contribution in [0.15, 0.2) is 194 Å². The summed E-state index contributed by atoms with van der Waals surface area (Å²) in [4.78, 5) is 19.1. The van der Waals surface area contributed by atoms with Gasteiger partial charge in [0.25, 0.3) is 0 Å². The minimum Gasteiger partial charge on any atom is -0.509 e. The molecule has 0 radical (unpaired) electrons. The van der Waals surface area contributed by atoms with Gasteiger partial charge in [-0.2, -0.15) is 12.1 Å². The third-order valence-corrected chi connectivity index (χ3v) is 16.0. The Balaban J connectivity index is 0.00000589. The molecule has 0 fully saturated rings. The molecule has 0 aliphatic carbocycles. The fourth-order valence-corrected chi connectivity index (χ4v) is 12.7.